The molecule has 2 aliphatic heterocycles. The van der Waals surface area contributed by atoms with Crippen molar-refractivity contribution >= 4 is 0 Å². The molecule has 0 aromatic rings. The number of hydrogen-bond acceptors (Lipinski definition) is 3. The first-order valence-electron chi connectivity index (χ1n) is 8.39. The van der Waals surface area contributed by atoms with Crippen molar-refractivity contribution in [2.45, 2.75) is 64.0 Å². The van der Waals surface area contributed by atoms with Gasteiger partial charge in [0, 0.05) is 18.6 Å². The molecule has 0 spiro atoms. The summed E-state index contributed by atoms with van der Waals surface area (Å²) in [5.41, 5.74) is 5.68. The molecule has 0 aliphatic carbocycles. The third kappa shape index (κ3) is 4.17. The Bertz CT molecular complexity index is 256. The van der Waals surface area contributed by atoms with E-state index in [1.54, 1.807) is 0 Å². The molecule has 0 aromatic carbocycles. The molecule has 112 valence electrons. The van der Waals surface area contributed by atoms with Crippen LogP contribution < -0.4 is 5.73 Å². The topological polar surface area (TPSA) is 32.5 Å². The number of hydrogen-bond donors (Lipinski definition) is 1. The van der Waals surface area contributed by atoms with Crippen LogP contribution in [0.5, 0.6) is 0 Å². The van der Waals surface area contributed by atoms with E-state index in [-0.39, 0.29) is 0 Å². The SMILES string of the molecule is CCC(CCN)CCCN1CCC2CCC(C1)N2C. The van der Waals surface area contributed by atoms with Crippen LogP contribution in [0.25, 0.3) is 0 Å². The van der Waals surface area contributed by atoms with Crippen LogP contribution in [0.3, 0.4) is 0 Å². The fraction of sp³-hybridized carbons (Fsp3) is 1.00. The lowest BCUT2D eigenvalue weighted by atomic mass is 9.96. The number of likely N-dealkylation sites (N-methyl/N-ethyl adjacent to an activating group) is 1. The van der Waals surface area contributed by atoms with Crippen molar-refractivity contribution in [3.05, 3.63) is 0 Å². The molecule has 3 unspecified atom stereocenters. The molecular weight excluding hydrogens is 234 g/mol. The molecule has 0 amide bonds. The lowest BCUT2D eigenvalue weighted by Crippen LogP contribution is -2.37. The largest absolute Gasteiger partial charge is 0.330 e. The van der Waals surface area contributed by atoms with E-state index in [0.717, 1.165) is 24.5 Å². The summed E-state index contributed by atoms with van der Waals surface area (Å²) in [6.07, 6.45) is 9.47. The fourth-order valence-electron chi connectivity index (χ4n) is 3.97. The normalized spacial score (nSPS) is 30.5. The van der Waals surface area contributed by atoms with Gasteiger partial charge in [-0.3, -0.25) is 4.90 Å². The Morgan fingerprint density at radius 2 is 1.95 bits per heavy atom. The van der Waals surface area contributed by atoms with Gasteiger partial charge in [0.2, 0.25) is 0 Å². The van der Waals surface area contributed by atoms with E-state index in [1.165, 1.54) is 64.6 Å². The highest BCUT2D eigenvalue weighted by molar-refractivity contribution is 4.90. The lowest BCUT2D eigenvalue weighted by molar-refractivity contribution is 0.213. The standard InChI is InChI=1S/C16H33N3/c1-3-14(8-10-17)5-4-11-19-12-9-15-6-7-16(13-19)18(15)2/h14-16H,3-13,17H2,1-2H3. The van der Waals surface area contributed by atoms with Gasteiger partial charge in [0.1, 0.15) is 0 Å². The molecule has 3 nitrogen and oxygen atoms in total. The zero-order valence-electron chi connectivity index (χ0n) is 13.0. The summed E-state index contributed by atoms with van der Waals surface area (Å²) >= 11 is 0. The minimum Gasteiger partial charge on any atom is -0.330 e. The molecule has 0 aromatic heterocycles. The molecule has 2 heterocycles. The minimum absolute atomic E-state index is 0.832. The molecule has 2 aliphatic rings. The molecule has 2 bridgehead atoms. The van der Waals surface area contributed by atoms with Crippen molar-refractivity contribution in [2.75, 3.05) is 33.2 Å². The summed E-state index contributed by atoms with van der Waals surface area (Å²) in [6.45, 7) is 7.09. The van der Waals surface area contributed by atoms with Crippen LogP contribution in [-0.4, -0.2) is 55.1 Å². The second-order valence-corrected chi connectivity index (χ2v) is 6.63. The lowest BCUT2D eigenvalue weighted by Gasteiger charge is -2.26. The summed E-state index contributed by atoms with van der Waals surface area (Å²) in [6, 6.07) is 1.70. The molecule has 19 heavy (non-hydrogen) atoms. The third-order valence-electron chi connectivity index (χ3n) is 5.47. The van der Waals surface area contributed by atoms with Crippen LogP contribution in [0, 0.1) is 5.92 Å². The van der Waals surface area contributed by atoms with Gasteiger partial charge in [0.15, 0.2) is 0 Å². The minimum atomic E-state index is 0.832. The maximum absolute atomic E-state index is 5.68. The van der Waals surface area contributed by atoms with Crippen LogP contribution in [0.15, 0.2) is 0 Å². The van der Waals surface area contributed by atoms with E-state index in [2.05, 4.69) is 23.8 Å². The van der Waals surface area contributed by atoms with Gasteiger partial charge < -0.3 is 10.6 Å². The fourth-order valence-corrected chi connectivity index (χ4v) is 3.97. The van der Waals surface area contributed by atoms with Crippen molar-refractivity contribution in [1.82, 2.24) is 9.80 Å². The van der Waals surface area contributed by atoms with Gasteiger partial charge >= 0.3 is 0 Å². The highest BCUT2D eigenvalue weighted by Gasteiger charge is 2.34. The van der Waals surface area contributed by atoms with E-state index in [0.29, 0.717) is 0 Å². The first kappa shape index (κ1) is 15.3. The number of fused-ring (bicyclic) bond motifs is 2. The van der Waals surface area contributed by atoms with Gasteiger partial charge in [0.25, 0.3) is 0 Å². The van der Waals surface area contributed by atoms with Crippen molar-refractivity contribution in [1.29, 1.82) is 0 Å². The maximum Gasteiger partial charge on any atom is 0.0223 e. The monoisotopic (exact) mass is 267 g/mol. The summed E-state index contributed by atoms with van der Waals surface area (Å²) < 4.78 is 0. The van der Waals surface area contributed by atoms with Crippen LogP contribution in [-0.2, 0) is 0 Å². The van der Waals surface area contributed by atoms with E-state index >= 15 is 0 Å². The summed E-state index contributed by atoms with van der Waals surface area (Å²) in [7, 11) is 2.33. The van der Waals surface area contributed by atoms with Gasteiger partial charge in [-0.05, 0) is 71.1 Å². The van der Waals surface area contributed by atoms with Crippen LogP contribution in [0.2, 0.25) is 0 Å². The molecule has 3 atom stereocenters. The predicted molar refractivity (Wildman–Crippen MR) is 82.3 cm³/mol. The average Bonchev–Trinajstić information content (AvgIpc) is 2.65. The van der Waals surface area contributed by atoms with Crippen LogP contribution in [0.1, 0.15) is 51.9 Å². The second kappa shape index (κ2) is 7.61. The Morgan fingerprint density at radius 3 is 2.68 bits per heavy atom. The first-order chi connectivity index (χ1) is 9.24. The molecule has 2 fully saturated rings. The van der Waals surface area contributed by atoms with E-state index in [4.69, 9.17) is 5.73 Å². The Balaban J connectivity index is 1.69. The van der Waals surface area contributed by atoms with Crippen molar-refractivity contribution in [3.8, 4) is 0 Å². The maximum atomic E-state index is 5.68. The Morgan fingerprint density at radius 1 is 1.16 bits per heavy atom. The van der Waals surface area contributed by atoms with E-state index < -0.39 is 0 Å². The van der Waals surface area contributed by atoms with Crippen LogP contribution in [0.4, 0.5) is 0 Å². The molecule has 2 rings (SSSR count). The zero-order valence-corrected chi connectivity index (χ0v) is 13.0. The quantitative estimate of drug-likeness (QED) is 0.768. The second-order valence-electron chi connectivity index (χ2n) is 6.63. The van der Waals surface area contributed by atoms with Gasteiger partial charge in [-0.15, -0.1) is 0 Å². The zero-order chi connectivity index (χ0) is 13.7. The first-order valence-corrected chi connectivity index (χ1v) is 8.39. The van der Waals surface area contributed by atoms with Crippen LogP contribution >= 0.6 is 0 Å². The van der Waals surface area contributed by atoms with Gasteiger partial charge in [0.05, 0.1) is 0 Å². The highest BCUT2D eigenvalue weighted by atomic mass is 15.3. The molecule has 2 N–H and O–H groups in total. The Hall–Kier alpha value is -0.120. The number of rotatable bonds is 7. The Kier molecular flexibility index (Phi) is 6.11. The number of nitrogens with two attached hydrogens (primary N) is 1. The molecule has 0 saturated carbocycles. The van der Waals surface area contributed by atoms with Crippen molar-refractivity contribution in [3.63, 3.8) is 0 Å². The predicted octanol–water partition coefficient (Wildman–Crippen LogP) is 2.31. The van der Waals surface area contributed by atoms with Gasteiger partial charge in [-0.1, -0.05) is 13.3 Å². The third-order valence-corrected chi connectivity index (χ3v) is 5.47. The Labute approximate surface area is 119 Å². The molecule has 3 heteroatoms. The molecular formula is C16H33N3. The van der Waals surface area contributed by atoms with Crippen molar-refractivity contribution in [2.24, 2.45) is 11.7 Å². The molecule has 2 saturated heterocycles. The average molecular weight is 267 g/mol. The van der Waals surface area contributed by atoms with Gasteiger partial charge in [-0.2, -0.15) is 0 Å². The highest BCUT2D eigenvalue weighted by Crippen LogP contribution is 2.28. The summed E-state index contributed by atoms with van der Waals surface area (Å²) in [4.78, 5) is 5.36. The number of nitrogens with zero attached hydrogens (tertiary/aromatic N) is 2. The van der Waals surface area contributed by atoms with Crippen molar-refractivity contribution < 1.29 is 0 Å². The van der Waals surface area contributed by atoms with E-state index in [1.807, 2.05) is 0 Å². The number of likely N-dealkylation sites (tertiary alicyclic amines) is 1. The summed E-state index contributed by atoms with van der Waals surface area (Å²) in [5, 5.41) is 0. The van der Waals surface area contributed by atoms with E-state index in [9.17, 15) is 0 Å². The summed E-state index contributed by atoms with van der Waals surface area (Å²) in [5.74, 6) is 0.858. The molecule has 0 radical (unpaired) electrons. The smallest absolute Gasteiger partial charge is 0.0223 e. The van der Waals surface area contributed by atoms with Gasteiger partial charge in [-0.25, -0.2) is 0 Å².